The van der Waals surface area contributed by atoms with Gasteiger partial charge in [0.25, 0.3) is 0 Å². The third kappa shape index (κ3) is 4.64. The number of carbonyl (C=O) groups is 1. The lowest BCUT2D eigenvalue weighted by molar-refractivity contribution is -0.118. The Hall–Kier alpha value is -3.30. The average Bonchev–Trinajstić information content (AvgIpc) is 3.61. The van der Waals surface area contributed by atoms with E-state index in [1.54, 1.807) is 7.11 Å². The smallest absolute Gasteiger partial charge is 0.230 e. The molecular weight excluding hydrogens is 394 g/mol. The van der Waals surface area contributed by atoms with Gasteiger partial charge in [0.15, 0.2) is 0 Å². The fourth-order valence-corrected chi connectivity index (χ4v) is 3.93. The van der Waals surface area contributed by atoms with E-state index in [2.05, 4.69) is 11.4 Å². The Bertz CT molecular complexity index is 1090. The molecule has 1 aromatic heterocycles. The SMILES string of the molecule is COc1ccc(-c2cc(-c3ccccc3)nc(SCC(=O)NC3CC3)c2C#N)cc1. The quantitative estimate of drug-likeness (QED) is 0.568. The Kier molecular flexibility index (Phi) is 6.01. The number of benzene rings is 2. The van der Waals surface area contributed by atoms with Crippen LogP contribution in [0, 0.1) is 11.3 Å². The first-order chi connectivity index (χ1) is 14.7. The van der Waals surface area contributed by atoms with Crippen molar-refractivity contribution in [3.63, 3.8) is 0 Å². The molecule has 0 bridgehead atoms. The van der Waals surface area contributed by atoms with E-state index < -0.39 is 0 Å². The maximum Gasteiger partial charge on any atom is 0.230 e. The van der Waals surface area contributed by atoms with Gasteiger partial charge < -0.3 is 10.1 Å². The van der Waals surface area contributed by atoms with E-state index in [0.29, 0.717) is 16.6 Å². The lowest BCUT2D eigenvalue weighted by atomic mass is 9.99. The van der Waals surface area contributed by atoms with E-state index in [-0.39, 0.29) is 11.7 Å². The summed E-state index contributed by atoms with van der Waals surface area (Å²) in [5.41, 5.74) is 3.89. The zero-order chi connectivity index (χ0) is 20.9. The Morgan fingerprint density at radius 3 is 2.53 bits per heavy atom. The largest absolute Gasteiger partial charge is 0.497 e. The fraction of sp³-hybridized carbons (Fsp3) is 0.208. The number of hydrogen-bond donors (Lipinski definition) is 1. The normalized spacial score (nSPS) is 12.8. The molecule has 0 radical (unpaired) electrons. The number of methoxy groups -OCH3 is 1. The molecule has 1 saturated carbocycles. The summed E-state index contributed by atoms with van der Waals surface area (Å²) >= 11 is 1.30. The zero-order valence-corrected chi connectivity index (χ0v) is 17.4. The highest BCUT2D eigenvalue weighted by molar-refractivity contribution is 8.00. The highest BCUT2D eigenvalue weighted by Gasteiger charge is 2.24. The standard InChI is InChI=1S/C24H21N3O2S/c1-29-19-11-7-16(8-12-19)20-13-22(17-5-3-2-4-6-17)27-24(21(20)14-25)30-15-23(28)26-18-9-10-18/h2-8,11-13,18H,9-10,15H2,1H3,(H,26,28). The number of carbonyl (C=O) groups excluding carboxylic acids is 1. The number of pyridine rings is 1. The van der Waals surface area contributed by atoms with Gasteiger partial charge in [-0.15, -0.1) is 0 Å². The Morgan fingerprint density at radius 2 is 1.90 bits per heavy atom. The summed E-state index contributed by atoms with van der Waals surface area (Å²) in [4.78, 5) is 16.9. The van der Waals surface area contributed by atoms with Crippen molar-refractivity contribution in [1.29, 1.82) is 5.26 Å². The van der Waals surface area contributed by atoms with Gasteiger partial charge in [0.05, 0.1) is 24.1 Å². The van der Waals surface area contributed by atoms with Crippen molar-refractivity contribution in [2.24, 2.45) is 0 Å². The minimum Gasteiger partial charge on any atom is -0.497 e. The first-order valence-electron chi connectivity index (χ1n) is 9.75. The summed E-state index contributed by atoms with van der Waals surface area (Å²) in [6.45, 7) is 0. The summed E-state index contributed by atoms with van der Waals surface area (Å²) in [5, 5.41) is 13.5. The van der Waals surface area contributed by atoms with Crippen molar-refractivity contribution < 1.29 is 9.53 Å². The molecule has 0 atom stereocenters. The highest BCUT2D eigenvalue weighted by Crippen LogP contribution is 2.35. The maximum atomic E-state index is 12.2. The highest BCUT2D eigenvalue weighted by atomic mass is 32.2. The van der Waals surface area contributed by atoms with Crippen LogP contribution in [0.3, 0.4) is 0 Å². The molecule has 0 saturated heterocycles. The van der Waals surface area contributed by atoms with Crippen molar-refractivity contribution in [2.75, 3.05) is 12.9 Å². The molecule has 1 fully saturated rings. The van der Waals surface area contributed by atoms with Crippen LogP contribution in [-0.4, -0.2) is 29.8 Å². The second-order valence-electron chi connectivity index (χ2n) is 7.07. The third-order valence-corrected chi connectivity index (χ3v) is 5.83. The summed E-state index contributed by atoms with van der Waals surface area (Å²) in [5.74, 6) is 0.962. The monoisotopic (exact) mass is 415 g/mol. The van der Waals surface area contributed by atoms with Crippen LogP contribution in [-0.2, 0) is 4.79 Å². The Morgan fingerprint density at radius 1 is 1.17 bits per heavy atom. The van der Waals surface area contributed by atoms with Gasteiger partial charge >= 0.3 is 0 Å². The summed E-state index contributed by atoms with van der Waals surface area (Å²) in [6, 6.07) is 22.0. The van der Waals surface area contributed by atoms with Gasteiger partial charge in [-0.3, -0.25) is 4.79 Å². The van der Waals surface area contributed by atoms with Gasteiger partial charge in [0.2, 0.25) is 5.91 Å². The van der Waals surface area contributed by atoms with Gasteiger partial charge in [-0.05, 0) is 36.6 Å². The maximum absolute atomic E-state index is 12.2. The van der Waals surface area contributed by atoms with Crippen LogP contribution in [0.15, 0.2) is 65.7 Å². The van der Waals surface area contributed by atoms with Crippen LogP contribution < -0.4 is 10.1 Å². The van der Waals surface area contributed by atoms with Crippen LogP contribution in [0.2, 0.25) is 0 Å². The molecule has 2 aromatic carbocycles. The van der Waals surface area contributed by atoms with Crippen LogP contribution in [0.5, 0.6) is 5.75 Å². The molecule has 5 nitrogen and oxygen atoms in total. The van der Waals surface area contributed by atoms with E-state index in [0.717, 1.165) is 41.0 Å². The van der Waals surface area contributed by atoms with Gasteiger partial charge in [0.1, 0.15) is 16.8 Å². The number of thioether (sulfide) groups is 1. The molecule has 6 heteroatoms. The van der Waals surface area contributed by atoms with E-state index >= 15 is 0 Å². The number of amides is 1. The molecule has 1 amide bonds. The van der Waals surface area contributed by atoms with Crippen LogP contribution in [0.1, 0.15) is 18.4 Å². The molecule has 0 spiro atoms. The fourth-order valence-electron chi connectivity index (χ4n) is 3.12. The van der Waals surface area contributed by atoms with Gasteiger partial charge in [0, 0.05) is 17.2 Å². The summed E-state index contributed by atoms with van der Waals surface area (Å²) < 4.78 is 5.25. The minimum absolute atomic E-state index is 0.0238. The zero-order valence-electron chi connectivity index (χ0n) is 16.6. The van der Waals surface area contributed by atoms with E-state index in [1.807, 2.05) is 60.7 Å². The number of ether oxygens (including phenoxy) is 1. The van der Waals surface area contributed by atoms with E-state index in [4.69, 9.17) is 9.72 Å². The second kappa shape index (κ2) is 9.02. The summed E-state index contributed by atoms with van der Waals surface area (Å²) in [7, 11) is 1.62. The van der Waals surface area contributed by atoms with Crippen molar-refractivity contribution in [2.45, 2.75) is 23.9 Å². The van der Waals surface area contributed by atoms with E-state index in [1.165, 1.54) is 11.8 Å². The van der Waals surface area contributed by atoms with E-state index in [9.17, 15) is 10.1 Å². The third-order valence-electron chi connectivity index (χ3n) is 4.85. The predicted octanol–water partition coefficient (Wildman–Crippen LogP) is 4.67. The first kappa shape index (κ1) is 20.0. The first-order valence-corrected chi connectivity index (χ1v) is 10.7. The molecule has 1 aliphatic rings. The molecule has 30 heavy (non-hydrogen) atoms. The molecule has 1 N–H and O–H groups in total. The lowest BCUT2D eigenvalue weighted by Gasteiger charge is -2.13. The van der Waals surface area contributed by atoms with Crippen LogP contribution >= 0.6 is 11.8 Å². The Balaban J connectivity index is 1.74. The molecule has 1 heterocycles. The molecule has 1 aliphatic carbocycles. The van der Waals surface area contributed by atoms with Gasteiger partial charge in [-0.2, -0.15) is 5.26 Å². The van der Waals surface area contributed by atoms with Crippen molar-refractivity contribution in [3.05, 3.63) is 66.2 Å². The number of rotatable bonds is 7. The number of nitrogens with zero attached hydrogens (tertiary/aromatic N) is 2. The molecule has 0 unspecified atom stereocenters. The van der Waals surface area contributed by atoms with Gasteiger partial charge in [-0.1, -0.05) is 54.2 Å². The lowest BCUT2D eigenvalue weighted by Crippen LogP contribution is -2.27. The predicted molar refractivity (Wildman–Crippen MR) is 118 cm³/mol. The molecule has 3 aromatic rings. The summed E-state index contributed by atoms with van der Waals surface area (Å²) in [6.07, 6.45) is 2.09. The van der Waals surface area contributed by atoms with Crippen LogP contribution in [0.25, 0.3) is 22.4 Å². The molecule has 0 aliphatic heterocycles. The number of nitrogens with one attached hydrogen (secondary N) is 1. The molecule has 4 rings (SSSR count). The van der Waals surface area contributed by atoms with Gasteiger partial charge in [-0.25, -0.2) is 4.98 Å². The van der Waals surface area contributed by atoms with Crippen LogP contribution in [0.4, 0.5) is 0 Å². The number of hydrogen-bond acceptors (Lipinski definition) is 5. The Labute approximate surface area is 180 Å². The average molecular weight is 416 g/mol. The number of aromatic nitrogens is 1. The topological polar surface area (TPSA) is 75.0 Å². The molecular formula is C24H21N3O2S. The number of nitriles is 1. The van der Waals surface area contributed by atoms with Crippen molar-refractivity contribution >= 4 is 17.7 Å². The molecule has 150 valence electrons. The second-order valence-corrected chi connectivity index (χ2v) is 8.04. The minimum atomic E-state index is -0.0238. The van der Waals surface area contributed by atoms with Crippen molar-refractivity contribution in [1.82, 2.24) is 10.3 Å². The van der Waals surface area contributed by atoms with Crippen molar-refractivity contribution in [3.8, 4) is 34.2 Å².